The molecule has 0 amide bonds. The van der Waals surface area contributed by atoms with Crippen LogP contribution in [-0.4, -0.2) is 0 Å². The molecule has 0 heterocycles. The molecule has 0 fully saturated rings. The van der Waals surface area contributed by atoms with E-state index in [0.717, 1.165) is 11.1 Å². The summed E-state index contributed by atoms with van der Waals surface area (Å²) in [6.07, 6.45) is 0. The minimum atomic E-state index is -0.415. The Morgan fingerprint density at radius 1 is 0.667 bits per heavy atom. The van der Waals surface area contributed by atoms with Crippen LogP contribution in [0.5, 0.6) is 0 Å². The van der Waals surface area contributed by atoms with Gasteiger partial charge in [-0.25, -0.2) is 0 Å². The van der Waals surface area contributed by atoms with Crippen molar-refractivity contribution in [3.63, 3.8) is 0 Å². The van der Waals surface area contributed by atoms with Gasteiger partial charge in [-0.3, -0.25) is 0 Å². The summed E-state index contributed by atoms with van der Waals surface area (Å²) in [6.45, 7) is 4.03. The first-order valence-electron chi connectivity index (χ1n) is 6.14. The van der Waals surface area contributed by atoms with Crippen molar-refractivity contribution in [1.82, 2.24) is 0 Å². The summed E-state index contributed by atoms with van der Waals surface area (Å²) in [5.74, 6) is 0. The predicted molar refractivity (Wildman–Crippen MR) is 93.9 cm³/mol. The Balaban J connectivity index is 2.61. The van der Waals surface area contributed by atoms with Gasteiger partial charge in [-0.05, 0) is 35.4 Å². The van der Waals surface area contributed by atoms with Crippen molar-refractivity contribution < 1.29 is 0 Å². The van der Waals surface area contributed by atoms with Crippen LogP contribution >= 0.6 is 46.4 Å². The van der Waals surface area contributed by atoms with Crippen LogP contribution in [0.1, 0.15) is 25.0 Å². The summed E-state index contributed by atoms with van der Waals surface area (Å²) in [5, 5.41) is 1.66. The van der Waals surface area contributed by atoms with E-state index >= 15 is 0 Å². The number of halogens is 4. The molecule has 0 aliphatic carbocycles. The van der Waals surface area contributed by atoms with E-state index in [1.54, 1.807) is 24.3 Å². The van der Waals surface area contributed by atoms with Crippen LogP contribution in [0.3, 0.4) is 0 Å². The highest BCUT2D eigenvalue weighted by Crippen LogP contribution is 2.40. The van der Waals surface area contributed by atoms with E-state index in [1.165, 1.54) is 0 Å². The van der Waals surface area contributed by atoms with Crippen molar-refractivity contribution in [2.45, 2.75) is 19.3 Å². The lowest BCUT2D eigenvalue weighted by atomic mass is 9.78. The van der Waals surface area contributed by atoms with Crippen molar-refractivity contribution in [3.05, 3.63) is 55.5 Å². The molecule has 0 spiro atoms. The second kappa shape index (κ2) is 5.77. The summed E-state index contributed by atoms with van der Waals surface area (Å²) >= 11 is 24.5. The molecule has 21 heavy (non-hydrogen) atoms. The number of hydrogen-bond donors (Lipinski definition) is 2. The van der Waals surface area contributed by atoms with Gasteiger partial charge >= 0.3 is 0 Å². The Labute approximate surface area is 143 Å². The third kappa shape index (κ3) is 3.04. The second-order valence-corrected chi connectivity index (χ2v) is 6.96. The lowest BCUT2D eigenvalue weighted by Crippen LogP contribution is -2.19. The van der Waals surface area contributed by atoms with Gasteiger partial charge in [0.05, 0.1) is 31.5 Å². The van der Waals surface area contributed by atoms with E-state index in [0.29, 0.717) is 31.5 Å². The molecule has 0 aliphatic heterocycles. The zero-order valence-electron chi connectivity index (χ0n) is 11.5. The molecule has 6 heteroatoms. The second-order valence-electron chi connectivity index (χ2n) is 5.33. The molecule has 2 aromatic rings. The van der Waals surface area contributed by atoms with Gasteiger partial charge in [-0.15, -0.1) is 0 Å². The Kier molecular flexibility index (Phi) is 4.55. The number of anilines is 2. The molecule has 0 radical (unpaired) electrons. The van der Waals surface area contributed by atoms with E-state index in [1.807, 2.05) is 13.8 Å². The maximum Gasteiger partial charge on any atom is 0.0693 e. The Hall–Kier alpha value is -0.800. The predicted octanol–water partition coefficient (Wildman–Crippen LogP) is 5.79. The van der Waals surface area contributed by atoms with Crippen molar-refractivity contribution in [3.8, 4) is 0 Å². The van der Waals surface area contributed by atoms with Crippen LogP contribution in [0.2, 0.25) is 20.1 Å². The van der Waals surface area contributed by atoms with Crippen molar-refractivity contribution in [2.75, 3.05) is 11.5 Å². The normalized spacial score (nSPS) is 11.7. The Morgan fingerprint density at radius 2 is 0.905 bits per heavy atom. The smallest absolute Gasteiger partial charge is 0.0693 e. The average molecular weight is 364 g/mol. The van der Waals surface area contributed by atoms with Crippen molar-refractivity contribution in [2.24, 2.45) is 0 Å². The van der Waals surface area contributed by atoms with Gasteiger partial charge in [0.25, 0.3) is 0 Å². The van der Waals surface area contributed by atoms with E-state index < -0.39 is 5.41 Å². The molecule has 2 aromatic carbocycles. The highest BCUT2D eigenvalue weighted by atomic mass is 35.5. The molecular formula is C15H14Cl4N2. The van der Waals surface area contributed by atoms with Crippen LogP contribution in [0.15, 0.2) is 24.3 Å². The van der Waals surface area contributed by atoms with Crippen LogP contribution in [-0.2, 0) is 5.41 Å². The van der Waals surface area contributed by atoms with Gasteiger partial charge in [0.15, 0.2) is 0 Å². The maximum atomic E-state index is 6.12. The molecule has 0 aromatic heterocycles. The lowest BCUT2D eigenvalue weighted by Gasteiger charge is -2.27. The summed E-state index contributed by atoms with van der Waals surface area (Å²) in [6, 6.07) is 7.17. The third-order valence-electron chi connectivity index (χ3n) is 3.60. The van der Waals surface area contributed by atoms with E-state index in [4.69, 9.17) is 57.9 Å². The highest BCUT2D eigenvalue weighted by molar-refractivity contribution is 6.39. The minimum absolute atomic E-state index is 0.367. The Bertz CT molecular complexity index is 605. The SMILES string of the molecule is CC(C)(c1cc(Cl)c(N)c(Cl)c1)c1cc(Cl)c(N)c(Cl)c1. The molecule has 112 valence electrons. The largest absolute Gasteiger partial charge is 0.396 e. The topological polar surface area (TPSA) is 52.0 Å². The summed E-state index contributed by atoms with van der Waals surface area (Å²) in [5.41, 5.74) is 13.7. The first kappa shape index (κ1) is 16.6. The molecule has 2 rings (SSSR count). The average Bonchev–Trinajstić information content (AvgIpc) is 2.40. The summed E-state index contributed by atoms with van der Waals surface area (Å²) in [4.78, 5) is 0. The van der Waals surface area contributed by atoms with E-state index in [2.05, 4.69) is 0 Å². The fourth-order valence-corrected chi connectivity index (χ4v) is 3.03. The summed E-state index contributed by atoms with van der Waals surface area (Å²) in [7, 11) is 0. The first-order chi connectivity index (χ1) is 9.64. The lowest BCUT2D eigenvalue weighted by molar-refractivity contribution is 0.641. The fourth-order valence-electron chi connectivity index (χ4n) is 2.06. The molecule has 0 unspecified atom stereocenters. The summed E-state index contributed by atoms with van der Waals surface area (Å²) < 4.78 is 0. The van der Waals surface area contributed by atoms with Crippen molar-refractivity contribution >= 4 is 57.8 Å². The number of nitrogens with two attached hydrogens (primary N) is 2. The molecule has 0 atom stereocenters. The molecule has 0 bridgehead atoms. The zero-order chi connectivity index (χ0) is 15.9. The molecule has 0 saturated carbocycles. The van der Waals surface area contributed by atoms with Crippen LogP contribution in [0, 0.1) is 0 Å². The molecule has 0 aliphatic rings. The Morgan fingerprint density at radius 3 is 1.14 bits per heavy atom. The number of nitrogen functional groups attached to an aromatic ring is 2. The van der Waals surface area contributed by atoms with Crippen LogP contribution in [0.25, 0.3) is 0 Å². The molecular weight excluding hydrogens is 350 g/mol. The van der Waals surface area contributed by atoms with Gasteiger partial charge < -0.3 is 11.5 Å². The number of hydrogen-bond acceptors (Lipinski definition) is 2. The number of rotatable bonds is 2. The van der Waals surface area contributed by atoms with Gasteiger partial charge in [0, 0.05) is 5.41 Å². The van der Waals surface area contributed by atoms with Gasteiger partial charge in [0.2, 0.25) is 0 Å². The molecule has 0 saturated heterocycles. The zero-order valence-corrected chi connectivity index (χ0v) is 14.5. The van der Waals surface area contributed by atoms with Crippen molar-refractivity contribution in [1.29, 1.82) is 0 Å². The first-order valence-corrected chi connectivity index (χ1v) is 7.65. The maximum absolute atomic E-state index is 6.12. The van der Waals surface area contributed by atoms with Crippen LogP contribution in [0.4, 0.5) is 11.4 Å². The van der Waals surface area contributed by atoms with Gasteiger partial charge in [0.1, 0.15) is 0 Å². The van der Waals surface area contributed by atoms with Gasteiger partial charge in [-0.2, -0.15) is 0 Å². The standard InChI is InChI=1S/C15H14Cl4N2/c1-15(2,7-3-9(16)13(20)10(17)4-7)8-5-11(18)14(21)12(19)6-8/h3-6H,20-21H2,1-2H3. The third-order valence-corrected chi connectivity index (χ3v) is 4.85. The van der Waals surface area contributed by atoms with E-state index in [9.17, 15) is 0 Å². The van der Waals surface area contributed by atoms with Gasteiger partial charge in [-0.1, -0.05) is 60.3 Å². The quantitative estimate of drug-likeness (QED) is 0.663. The van der Waals surface area contributed by atoms with Crippen LogP contribution < -0.4 is 11.5 Å². The van der Waals surface area contributed by atoms with E-state index in [-0.39, 0.29) is 0 Å². The number of benzene rings is 2. The molecule has 2 nitrogen and oxygen atoms in total. The fraction of sp³-hybridized carbons (Fsp3) is 0.200. The highest BCUT2D eigenvalue weighted by Gasteiger charge is 2.26. The monoisotopic (exact) mass is 362 g/mol. The molecule has 4 N–H and O–H groups in total. The minimum Gasteiger partial charge on any atom is -0.396 e.